The zero-order chi connectivity index (χ0) is 19.6. The summed E-state index contributed by atoms with van der Waals surface area (Å²) < 4.78 is 0. The number of hydrogen-bond acceptors (Lipinski definition) is 4. The summed E-state index contributed by atoms with van der Waals surface area (Å²) in [4.78, 5) is 22.6. The van der Waals surface area contributed by atoms with Gasteiger partial charge in [-0.3, -0.25) is 9.59 Å². The second-order valence-electron chi connectivity index (χ2n) is 7.77. The minimum Gasteiger partial charge on any atom is -0.481 e. The lowest BCUT2D eigenvalue weighted by Crippen LogP contribution is -2.29. The molecule has 1 fully saturated rings. The zero-order valence-electron chi connectivity index (χ0n) is 15.9. The molecule has 3 N–H and O–H groups in total. The van der Waals surface area contributed by atoms with Gasteiger partial charge < -0.3 is 15.3 Å². The van der Waals surface area contributed by atoms with Gasteiger partial charge >= 0.3 is 5.97 Å². The van der Waals surface area contributed by atoms with Crippen LogP contribution in [0.3, 0.4) is 0 Å². The largest absolute Gasteiger partial charge is 0.481 e. The van der Waals surface area contributed by atoms with Crippen molar-refractivity contribution in [2.75, 3.05) is 0 Å². The van der Waals surface area contributed by atoms with E-state index in [1.807, 2.05) is 6.08 Å². The van der Waals surface area contributed by atoms with Gasteiger partial charge in [0.2, 0.25) is 0 Å². The van der Waals surface area contributed by atoms with E-state index in [2.05, 4.69) is 0 Å². The fraction of sp³-hybridized carbons (Fsp3) is 0.636. The van der Waals surface area contributed by atoms with E-state index in [0.29, 0.717) is 18.8 Å². The van der Waals surface area contributed by atoms with Gasteiger partial charge in [-0.15, -0.1) is 0 Å². The molecule has 4 unspecified atom stereocenters. The Morgan fingerprint density at radius 1 is 1.19 bits per heavy atom. The Morgan fingerprint density at radius 2 is 1.93 bits per heavy atom. The Hall–Kier alpha value is -1.72. The Balaban J connectivity index is 1.81. The molecule has 4 atom stereocenters. The molecule has 2 rings (SSSR count). The fourth-order valence-corrected chi connectivity index (χ4v) is 4.10. The summed E-state index contributed by atoms with van der Waals surface area (Å²) in [7, 11) is 0. The van der Waals surface area contributed by atoms with Gasteiger partial charge in [-0.2, -0.15) is 0 Å². The maximum absolute atomic E-state index is 12.1. The van der Waals surface area contributed by atoms with E-state index in [0.717, 1.165) is 6.42 Å². The first-order valence-corrected chi connectivity index (χ1v) is 10.1. The number of rotatable bonds is 10. The van der Waals surface area contributed by atoms with Crippen LogP contribution in [0.15, 0.2) is 36.5 Å². The van der Waals surface area contributed by atoms with Crippen LogP contribution in [0.4, 0.5) is 0 Å². The smallest absolute Gasteiger partial charge is 0.307 e. The molecule has 0 aromatic rings. The normalized spacial score (nSPS) is 26.2. The van der Waals surface area contributed by atoms with Crippen LogP contribution in [0.1, 0.15) is 57.8 Å². The average Bonchev–Trinajstić information content (AvgIpc) is 3.01. The minimum absolute atomic E-state index is 0.0374. The molecule has 1 saturated carbocycles. The van der Waals surface area contributed by atoms with E-state index in [-0.39, 0.29) is 18.1 Å². The van der Waals surface area contributed by atoms with Gasteiger partial charge in [-0.1, -0.05) is 62.5 Å². The van der Waals surface area contributed by atoms with Crippen LogP contribution in [0, 0.1) is 17.8 Å². The lowest BCUT2D eigenvalue weighted by Gasteiger charge is -2.23. The van der Waals surface area contributed by atoms with E-state index >= 15 is 0 Å². The molecule has 0 heterocycles. The van der Waals surface area contributed by atoms with Crippen molar-refractivity contribution in [2.24, 2.45) is 17.8 Å². The first kappa shape index (κ1) is 21.6. The number of aliphatic hydroxyl groups is 2. The molecule has 0 saturated heterocycles. The molecule has 0 amide bonds. The van der Waals surface area contributed by atoms with Gasteiger partial charge in [0, 0.05) is 5.92 Å². The summed E-state index contributed by atoms with van der Waals surface area (Å²) in [6, 6.07) is 0. The molecular formula is C22H32O5. The van der Waals surface area contributed by atoms with Crippen LogP contribution in [0.5, 0.6) is 0 Å². The Bertz CT molecular complexity index is 571. The van der Waals surface area contributed by atoms with E-state index in [1.165, 1.54) is 38.2 Å². The van der Waals surface area contributed by atoms with Crippen molar-refractivity contribution in [1.82, 2.24) is 0 Å². The van der Waals surface area contributed by atoms with Gasteiger partial charge in [0.15, 0.2) is 5.78 Å². The standard InChI is InChI=1S/C22H32O5/c23-18(15-16-7-3-1-4-8-16)13-11-17-12-14-20(25)22(17)19(24)9-5-2-6-10-21(26)27/h2,6,11-14,16-19,22-24H,1,3-5,7-10,15H2,(H,26,27). The van der Waals surface area contributed by atoms with Crippen molar-refractivity contribution in [2.45, 2.75) is 70.0 Å². The monoisotopic (exact) mass is 376 g/mol. The predicted molar refractivity (Wildman–Crippen MR) is 104 cm³/mol. The van der Waals surface area contributed by atoms with Crippen LogP contribution in [-0.2, 0) is 9.59 Å². The summed E-state index contributed by atoms with van der Waals surface area (Å²) in [5.74, 6) is -1.11. The molecule has 0 spiro atoms. The van der Waals surface area contributed by atoms with Crippen LogP contribution < -0.4 is 0 Å². The number of carboxylic acid groups (broad SMARTS) is 1. The zero-order valence-corrected chi connectivity index (χ0v) is 15.9. The highest BCUT2D eigenvalue weighted by Crippen LogP contribution is 2.30. The van der Waals surface area contributed by atoms with Gasteiger partial charge in [0.1, 0.15) is 0 Å². The topological polar surface area (TPSA) is 94.8 Å². The molecule has 0 radical (unpaired) electrons. The molecule has 2 aliphatic carbocycles. The van der Waals surface area contributed by atoms with Crippen LogP contribution in [0.2, 0.25) is 0 Å². The third-order valence-electron chi connectivity index (χ3n) is 5.58. The highest BCUT2D eigenvalue weighted by atomic mass is 16.4. The maximum atomic E-state index is 12.1. The van der Waals surface area contributed by atoms with E-state index in [4.69, 9.17) is 5.11 Å². The Kier molecular flexibility index (Phi) is 8.95. The molecule has 0 bridgehead atoms. The third-order valence-corrected chi connectivity index (χ3v) is 5.58. The first-order valence-electron chi connectivity index (χ1n) is 10.1. The highest BCUT2D eigenvalue weighted by molar-refractivity contribution is 5.95. The second kappa shape index (κ2) is 11.2. The number of aliphatic hydroxyl groups excluding tert-OH is 2. The molecule has 0 aliphatic heterocycles. The molecule has 2 aliphatic rings. The summed E-state index contributed by atoms with van der Waals surface area (Å²) in [6.07, 6.45) is 16.7. The lowest BCUT2D eigenvalue weighted by atomic mass is 9.84. The van der Waals surface area contributed by atoms with Crippen molar-refractivity contribution >= 4 is 11.8 Å². The van der Waals surface area contributed by atoms with Crippen LogP contribution in [0.25, 0.3) is 0 Å². The molecule has 0 aromatic carbocycles. The molecule has 150 valence electrons. The van der Waals surface area contributed by atoms with Gasteiger partial charge in [-0.25, -0.2) is 0 Å². The van der Waals surface area contributed by atoms with Crippen molar-refractivity contribution in [1.29, 1.82) is 0 Å². The predicted octanol–water partition coefficient (Wildman–Crippen LogP) is 3.42. The number of allylic oxidation sites excluding steroid dienone is 4. The summed E-state index contributed by atoms with van der Waals surface area (Å²) in [5, 5.41) is 29.3. The van der Waals surface area contributed by atoms with E-state index < -0.39 is 24.1 Å². The van der Waals surface area contributed by atoms with Crippen molar-refractivity contribution in [3.8, 4) is 0 Å². The highest BCUT2D eigenvalue weighted by Gasteiger charge is 2.34. The van der Waals surface area contributed by atoms with Crippen LogP contribution in [-0.4, -0.2) is 39.3 Å². The number of carboxylic acids is 1. The number of hydrogen-bond donors (Lipinski definition) is 3. The maximum Gasteiger partial charge on any atom is 0.307 e. The van der Waals surface area contributed by atoms with Crippen molar-refractivity contribution in [3.63, 3.8) is 0 Å². The fourth-order valence-electron chi connectivity index (χ4n) is 4.10. The first-order chi connectivity index (χ1) is 13.0. The number of ketones is 1. The van der Waals surface area contributed by atoms with Gasteiger partial charge in [0.25, 0.3) is 0 Å². The number of carbonyl (C=O) groups excluding carboxylic acids is 1. The van der Waals surface area contributed by atoms with Crippen molar-refractivity contribution < 1.29 is 24.9 Å². The Labute approximate surface area is 161 Å². The minimum atomic E-state index is -0.890. The third kappa shape index (κ3) is 7.43. The quantitative estimate of drug-likeness (QED) is 0.508. The average molecular weight is 376 g/mol. The van der Waals surface area contributed by atoms with Gasteiger partial charge in [0.05, 0.1) is 24.5 Å². The second-order valence-corrected chi connectivity index (χ2v) is 7.77. The summed E-state index contributed by atoms with van der Waals surface area (Å²) in [5.41, 5.74) is 0. The number of carbonyl (C=O) groups is 2. The molecular weight excluding hydrogens is 344 g/mol. The molecule has 5 nitrogen and oxygen atoms in total. The van der Waals surface area contributed by atoms with E-state index in [1.54, 1.807) is 24.3 Å². The SMILES string of the molecule is O=C(O)CC=CCCC(O)C1C(=O)C=CC1C=CC(O)CC1CCCCC1. The summed E-state index contributed by atoms with van der Waals surface area (Å²) >= 11 is 0. The summed E-state index contributed by atoms with van der Waals surface area (Å²) in [6.45, 7) is 0. The van der Waals surface area contributed by atoms with Crippen molar-refractivity contribution in [3.05, 3.63) is 36.5 Å². The lowest BCUT2D eigenvalue weighted by molar-refractivity contribution is -0.136. The molecule has 0 aromatic heterocycles. The molecule has 5 heteroatoms. The molecule has 27 heavy (non-hydrogen) atoms. The van der Waals surface area contributed by atoms with Crippen LogP contribution >= 0.6 is 0 Å². The Morgan fingerprint density at radius 3 is 2.63 bits per heavy atom. The van der Waals surface area contributed by atoms with Gasteiger partial charge in [-0.05, 0) is 31.3 Å². The van der Waals surface area contributed by atoms with E-state index in [9.17, 15) is 19.8 Å². The number of aliphatic carboxylic acids is 1.